The lowest BCUT2D eigenvalue weighted by Gasteiger charge is -2.38. The number of β-amino-alcohol motifs (C(OH)–C–C–N with tert-alkyl or cyclic N) is 1. The Kier molecular flexibility index (Phi) is 5.21. The largest absolute Gasteiger partial charge is 0.456 e. The standard InChI is InChI=1S/C25H30N2O5/c1-15-17-5-6-21(28)19(17)4-3-18(15)22(29)13-26-10-7-25(8-11-26)9-12-27(24(25)31)20-14-32-23(30)16(20)2/h3-4,22,29H,5-14H2,1-2H3/t22-/m1/s1. The van der Waals surface area contributed by atoms with Gasteiger partial charge in [-0.05, 0) is 69.3 Å². The van der Waals surface area contributed by atoms with Crippen LogP contribution in [-0.4, -0.2) is 65.4 Å². The third kappa shape index (κ3) is 3.30. The Morgan fingerprint density at radius 3 is 2.47 bits per heavy atom. The molecule has 3 aliphatic heterocycles. The van der Waals surface area contributed by atoms with Crippen molar-refractivity contribution in [2.75, 3.05) is 32.8 Å². The molecule has 2 saturated heterocycles. The van der Waals surface area contributed by atoms with E-state index in [1.807, 2.05) is 19.1 Å². The summed E-state index contributed by atoms with van der Waals surface area (Å²) in [5.41, 5.74) is 4.72. The molecule has 0 saturated carbocycles. The average Bonchev–Trinajstić information content (AvgIpc) is 3.42. The van der Waals surface area contributed by atoms with Gasteiger partial charge >= 0.3 is 5.97 Å². The van der Waals surface area contributed by atoms with Gasteiger partial charge in [-0.25, -0.2) is 4.79 Å². The SMILES string of the molecule is CC1=C(N2CCC3(CCN(C[C@@H](O)c4ccc5c(c4C)CCC5=O)CC3)C2=O)COC1=O. The summed E-state index contributed by atoms with van der Waals surface area (Å²) in [6.07, 6.45) is 3.02. The zero-order valence-corrected chi connectivity index (χ0v) is 18.8. The molecule has 1 spiro atoms. The van der Waals surface area contributed by atoms with Gasteiger partial charge in [0.25, 0.3) is 0 Å². The molecule has 1 aliphatic carbocycles. The van der Waals surface area contributed by atoms with Crippen molar-refractivity contribution in [3.63, 3.8) is 0 Å². The molecule has 1 atom stereocenters. The number of ketones is 1. The zero-order valence-electron chi connectivity index (χ0n) is 18.8. The predicted molar refractivity (Wildman–Crippen MR) is 117 cm³/mol. The fourth-order valence-corrected chi connectivity index (χ4v) is 5.89. The van der Waals surface area contributed by atoms with Crippen LogP contribution in [0.4, 0.5) is 0 Å². The Bertz CT molecular complexity index is 1040. The first kappa shape index (κ1) is 21.3. The Morgan fingerprint density at radius 1 is 1.06 bits per heavy atom. The number of amides is 1. The number of fused-ring (bicyclic) bond motifs is 1. The van der Waals surface area contributed by atoms with Gasteiger partial charge in [0.2, 0.25) is 5.91 Å². The van der Waals surface area contributed by atoms with Crippen LogP contribution in [0, 0.1) is 12.3 Å². The van der Waals surface area contributed by atoms with Crippen molar-refractivity contribution in [2.24, 2.45) is 5.41 Å². The molecule has 5 rings (SSSR count). The molecule has 1 aromatic rings. The molecule has 0 unspecified atom stereocenters. The topological polar surface area (TPSA) is 87.2 Å². The van der Waals surface area contributed by atoms with Crippen molar-refractivity contribution in [3.05, 3.63) is 45.7 Å². The predicted octanol–water partition coefficient (Wildman–Crippen LogP) is 2.30. The maximum atomic E-state index is 13.3. The number of carbonyl (C=O) groups is 3. The maximum Gasteiger partial charge on any atom is 0.336 e. The molecule has 32 heavy (non-hydrogen) atoms. The number of carbonyl (C=O) groups excluding carboxylic acids is 3. The minimum atomic E-state index is -0.615. The first-order valence-electron chi connectivity index (χ1n) is 11.6. The molecule has 3 heterocycles. The van der Waals surface area contributed by atoms with Gasteiger partial charge in [0.1, 0.15) is 6.61 Å². The van der Waals surface area contributed by atoms with Crippen molar-refractivity contribution in [3.8, 4) is 0 Å². The Balaban J connectivity index is 1.23. The van der Waals surface area contributed by atoms with Gasteiger partial charge in [0.15, 0.2) is 5.78 Å². The van der Waals surface area contributed by atoms with Gasteiger partial charge < -0.3 is 19.6 Å². The number of cyclic esters (lactones) is 1. The van der Waals surface area contributed by atoms with Gasteiger partial charge in [-0.1, -0.05) is 12.1 Å². The van der Waals surface area contributed by atoms with E-state index in [9.17, 15) is 19.5 Å². The van der Waals surface area contributed by atoms with Crippen LogP contribution in [0.15, 0.2) is 23.4 Å². The first-order chi connectivity index (χ1) is 15.3. The summed E-state index contributed by atoms with van der Waals surface area (Å²) < 4.78 is 5.10. The Labute approximate surface area is 188 Å². The molecule has 7 nitrogen and oxygen atoms in total. The smallest absolute Gasteiger partial charge is 0.336 e. The lowest BCUT2D eigenvalue weighted by atomic mass is 9.77. The molecule has 1 amide bonds. The van der Waals surface area contributed by atoms with Crippen molar-refractivity contribution < 1.29 is 24.2 Å². The number of nitrogens with zero attached hydrogens (tertiary/aromatic N) is 2. The van der Waals surface area contributed by atoms with Crippen LogP contribution in [0.2, 0.25) is 0 Å². The number of aliphatic hydroxyl groups excluding tert-OH is 1. The number of Topliss-reactive ketones (excluding diaryl/α,β-unsaturated/α-hetero) is 1. The lowest BCUT2D eigenvalue weighted by Crippen LogP contribution is -2.45. The van der Waals surface area contributed by atoms with Crippen LogP contribution in [0.1, 0.15) is 65.8 Å². The summed E-state index contributed by atoms with van der Waals surface area (Å²) in [5, 5.41) is 10.9. The molecule has 1 aromatic carbocycles. The summed E-state index contributed by atoms with van der Waals surface area (Å²) >= 11 is 0. The normalized spacial score (nSPS) is 24.0. The third-order valence-corrected chi connectivity index (χ3v) is 8.06. The molecule has 0 radical (unpaired) electrons. The van der Waals surface area contributed by atoms with Gasteiger partial charge in [-0.15, -0.1) is 0 Å². The fourth-order valence-electron chi connectivity index (χ4n) is 5.89. The quantitative estimate of drug-likeness (QED) is 0.726. The van der Waals surface area contributed by atoms with Crippen LogP contribution < -0.4 is 0 Å². The minimum Gasteiger partial charge on any atom is -0.456 e. The van der Waals surface area contributed by atoms with Crippen molar-refractivity contribution in [1.82, 2.24) is 9.80 Å². The fraction of sp³-hybridized carbons (Fsp3) is 0.560. The number of benzene rings is 1. The maximum absolute atomic E-state index is 13.3. The van der Waals surface area contributed by atoms with Gasteiger partial charge in [-0.3, -0.25) is 9.59 Å². The van der Waals surface area contributed by atoms with Crippen LogP contribution in [0.3, 0.4) is 0 Å². The molecule has 7 heteroatoms. The Hall–Kier alpha value is -2.51. The molecule has 0 bridgehead atoms. The molecule has 0 aromatic heterocycles. The number of ether oxygens (including phenoxy) is 1. The first-order valence-corrected chi connectivity index (χ1v) is 11.6. The summed E-state index contributed by atoms with van der Waals surface area (Å²) in [4.78, 5) is 41.0. The second-order valence-corrected chi connectivity index (χ2v) is 9.68. The van der Waals surface area contributed by atoms with Crippen LogP contribution in [0.25, 0.3) is 0 Å². The highest BCUT2D eigenvalue weighted by molar-refractivity contribution is 6.01. The molecule has 1 N–H and O–H groups in total. The number of hydrogen-bond donors (Lipinski definition) is 1. The van der Waals surface area contributed by atoms with E-state index in [4.69, 9.17) is 4.74 Å². The van der Waals surface area contributed by atoms with E-state index in [2.05, 4.69) is 4.90 Å². The molecule has 2 fully saturated rings. The van der Waals surface area contributed by atoms with Gasteiger partial charge in [0, 0.05) is 25.1 Å². The molecular weight excluding hydrogens is 408 g/mol. The third-order valence-electron chi connectivity index (χ3n) is 8.06. The van der Waals surface area contributed by atoms with Gasteiger partial charge in [0.05, 0.1) is 22.8 Å². The van der Waals surface area contributed by atoms with E-state index >= 15 is 0 Å². The zero-order chi connectivity index (χ0) is 22.6. The number of hydrogen-bond acceptors (Lipinski definition) is 6. The van der Waals surface area contributed by atoms with E-state index in [0.717, 1.165) is 66.7 Å². The summed E-state index contributed by atoms with van der Waals surface area (Å²) in [7, 11) is 0. The van der Waals surface area contributed by atoms with E-state index in [0.29, 0.717) is 25.1 Å². The van der Waals surface area contributed by atoms with Crippen LogP contribution >= 0.6 is 0 Å². The lowest BCUT2D eigenvalue weighted by molar-refractivity contribution is -0.138. The van der Waals surface area contributed by atoms with Crippen LogP contribution in [-0.2, 0) is 20.7 Å². The van der Waals surface area contributed by atoms with Gasteiger partial charge in [-0.2, -0.15) is 0 Å². The summed E-state index contributed by atoms with van der Waals surface area (Å²) in [5.74, 6) is -0.0199. The molecule has 4 aliphatic rings. The monoisotopic (exact) mass is 438 g/mol. The summed E-state index contributed by atoms with van der Waals surface area (Å²) in [6.45, 7) is 6.59. The number of esters is 1. The van der Waals surface area contributed by atoms with E-state index in [1.165, 1.54) is 0 Å². The molecular formula is C25H30N2O5. The second kappa shape index (κ2) is 7.81. The second-order valence-electron chi connectivity index (χ2n) is 9.68. The summed E-state index contributed by atoms with van der Waals surface area (Å²) in [6, 6.07) is 3.76. The van der Waals surface area contributed by atoms with Crippen molar-refractivity contribution in [1.29, 1.82) is 0 Å². The highest BCUT2D eigenvalue weighted by Gasteiger charge is 2.50. The number of rotatable bonds is 4. The number of likely N-dealkylation sites (tertiary alicyclic amines) is 2. The average molecular weight is 439 g/mol. The van der Waals surface area contributed by atoms with E-state index in [1.54, 1.807) is 11.8 Å². The van der Waals surface area contributed by atoms with Crippen molar-refractivity contribution in [2.45, 2.75) is 52.1 Å². The van der Waals surface area contributed by atoms with E-state index < -0.39 is 6.10 Å². The highest BCUT2D eigenvalue weighted by atomic mass is 16.5. The number of aliphatic hydroxyl groups is 1. The Morgan fingerprint density at radius 2 is 1.78 bits per heavy atom. The minimum absolute atomic E-state index is 0.115. The molecule has 170 valence electrons. The van der Waals surface area contributed by atoms with Crippen molar-refractivity contribution >= 4 is 17.7 Å². The number of piperidine rings is 1. The highest BCUT2D eigenvalue weighted by Crippen LogP contribution is 2.44. The van der Waals surface area contributed by atoms with Crippen LogP contribution in [0.5, 0.6) is 0 Å². The van der Waals surface area contributed by atoms with E-state index in [-0.39, 0.29) is 29.7 Å².